The van der Waals surface area contributed by atoms with E-state index in [9.17, 15) is 4.79 Å². The monoisotopic (exact) mass is 232 g/mol. The SMILES string of the molecule is CCC(CCO)CNC(=O)C(N)CCOC. The van der Waals surface area contributed by atoms with Gasteiger partial charge in [-0.25, -0.2) is 0 Å². The van der Waals surface area contributed by atoms with Crippen LogP contribution in [0.2, 0.25) is 0 Å². The van der Waals surface area contributed by atoms with E-state index < -0.39 is 6.04 Å². The van der Waals surface area contributed by atoms with Gasteiger partial charge in [0.25, 0.3) is 0 Å². The summed E-state index contributed by atoms with van der Waals surface area (Å²) in [6.45, 7) is 3.26. The molecule has 0 saturated heterocycles. The summed E-state index contributed by atoms with van der Waals surface area (Å²) >= 11 is 0. The fourth-order valence-electron chi connectivity index (χ4n) is 1.39. The summed E-state index contributed by atoms with van der Waals surface area (Å²) in [5.74, 6) is 0.178. The van der Waals surface area contributed by atoms with Crippen LogP contribution in [0.5, 0.6) is 0 Å². The second kappa shape index (κ2) is 9.57. The second-order valence-corrected chi connectivity index (χ2v) is 3.92. The van der Waals surface area contributed by atoms with Gasteiger partial charge in [-0.3, -0.25) is 4.79 Å². The molecule has 0 aromatic rings. The Morgan fingerprint density at radius 1 is 1.50 bits per heavy atom. The van der Waals surface area contributed by atoms with Crippen LogP contribution in [0.25, 0.3) is 0 Å². The first kappa shape index (κ1) is 15.3. The van der Waals surface area contributed by atoms with Crippen molar-refractivity contribution >= 4 is 5.91 Å². The Kier molecular flexibility index (Phi) is 9.18. The van der Waals surface area contributed by atoms with Crippen LogP contribution in [0, 0.1) is 5.92 Å². The first-order chi connectivity index (χ1) is 7.65. The molecule has 0 bridgehead atoms. The third-order valence-electron chi connectivity index (χ3n) is 2.65. The molecule has 0 aliphatic carbocycles. The van der Waals surface area contributed by atoms with Gasteiger partial charge >= 0.3 is 0 Å². The van der Waals surface area contributed by atoms with E-state index in [0.29, 0.717) is 31.9 Å². The van der Waals surface area contributed by atoms with Gasteiger partial charge in [-0.2, -0.15) is 0 Å². The van der Waals surface area contributed by atoms with Crippen LogP contribution in [-0.4, -0.2) is 43.9 Å². The van der Waals surface area contributed by atoms with Gasteiger partial charge in [0.15, 0.2) is 0 Å². The summed E-state index contributed by atoms with van der Waals surface area (Å²) in [7, 11) is 1.58. The van der Waals surface area contributed by atoms with Crippen molar-refractivity contribution in [3.8, 4) is 0 Å². The summed E-state index contributed by atoms with van der Waals surface area (Å²) in [6.07, 6.45) is 2.18. The highest BCUT2D eigenvalue weighted by atomic mass is 16.5. The van der Waals surface area contributed by atoms with Crippen LogP contribution in [0.3, 0.4) is 0 Å². The maximum atomic E-state index is 11.5. The van der Waals surface area contributed by atoms with E-state index >= 15 is 0 Å². The molecule has 0 aromatic heterocycles. The standard InChI is InChI=1S/C11H24N2O3/c1-3-9(4-6-14)8-13-11(15)10(12)5-7-16-2/h9-10,14H,3-8,12H2,1-2H3,(H,13,15). The van der Waals surface area contributed by atoms with Gasteiger partial charge < -0.3 is 20.9 Å². The number of ether oxygens (including phenoxy) is 1. The number of hydrogen-bond acceptors (Lipinski definition) is 4. The molecule has 1 amide bonds. The minimum absolute atomic E-state index is 0.145. The molecule has 0 saturated carbocycles. The molecular weight excluding hydrogens is 208 g/mol. The van der Waals surface area contributed by atoms with Gasteiger partial charge in [-0.15, -0.1) is 0 Å². The van der Waals surface area contributed by atoms with E-state index in [0.717, 1.165) is 6.42 Å². The van der Waals surface area contributed by atoms with Crippen LogP contribution in [0.1, 0.15) is 26.2 Å². The third kappa shape index (κ3) is 6.76. The van der Waals surface area contributed by atoms with Crippen molar-refractivity contribution < 1.29 is 14.6 Å². The first-order valence-corrected chi connectivity index (χ1v) is 5.78. The van der Waals surface area contributed by atoms with Crippen LogP contribution >= 0.6 is 0 Å². The summed E-state index contributed by atoms with van der Waals surface area (Å²) in [4.78, 5) is 11.5. The highest BCUT2D eigenvalue weighted by molar-refractivity contribution is 5.81. The smallest absolute Gasteiger partial charge is 0.237 e. The van der Waals surface area contributed by atoms with Crippen LogP contribution in [0.4, 0.5) is 0 Å². The minimum Gasteiger partial charge on any atom is -0.396 e. The molecular formula is C11H24N2O3. The fourth-order valence-corrected chi connectivity index (χ4v) is 1.39. The Balaban J connectivity index is 3.76. The highest BCUT2D eigenvalue weighted by Gasteiger charge is 2.14. The van der Waals surface area contributed by atoms with Crippen molar-refractivity contribution in [3.63, 3.8) is 0 Å². The zero-order chi connectivity index (χ0) is 12.4. The number of amides is 1. The molecule has 16 heavy (non-hydrogen) atoms. The molecule has 4 N–H and O–H groups in total. The van der Waals surface area contributed by atoms with Crippen molar-refractivity contribution in [2.75, 3.05) is 26.9 Å². The molecule has 0 aliphatic rings. The molecule has 96 valence electrons. The third-order valence-corrected chi connectivity index (χ3v) is 2.65. The van der Waals surface area contributed by atoms with Gasteiger partial charge in [0.2, 0.25) is 5.91 Å². The lowest BCUT2D eigenvalue weighted by molar-refractivity contribution is -0.122. The van der Waals surface area contributed by atoms with Crippen LogP contribution in [-0.2, 0) is 9.53 Å². The van der Waals surface area contributed by atoms with E-state index in [1.54, 1.807) is 7.11 Å². The number of carbonyl (C=O) groups is 1. The minimum atomic E-state index is -0.508. The lowest BCUT2D eigenvalue weighted by Gasteiger charge is -2.16. The predicted octanol–water partition coefficient (Wildman–Crippen LogP) is -0.125. The lowest BCUT2D eigenvalue weighted by Crippen LogP contribution is -2.43. The maximum absolute atomic E-state index is 11.5. The van der Waals surface area contributed by atoms with Crippen LogP contribution in [0.15, 0.2) is 0 Å². The molecule has 0 fully saturated rings. The zero-order valence-corrected chi connectivity index (χ0v) is 10.2. The normalized spacial score (nSPS) is 14.5. The quantitative estimate of drug-likeness (QED) is 0.517. The van der Waals surface area contributed by atoms with Crippen molar-refractivity contribution in [1.29, 1.82) is 0 Å². The second-order valence-electron chi connectivity index (χ2n) is 3.92. The van der Waals surface area contributed by atoms with Gasteiger partial charge in [-0.1, -0.05) is 13.3 Å². The van der Waals surface area contributed by atoms with E-state index in [-0.39, 0.29) is 12.5 Å². The number of methoxy groups -OCH3 is 1. The molecule has 2 atom stereocenters. The van der Waals surface area contributed by atoms with E-state index in [1.165, 1.54) is 0 Å². The first-order valence-electron chi connectivity index (χ1n) is 5.78. The average molecular weight is 232 g/mol. The molecule has 2 unspecified atom stereocenters. The highest BCUT2D eigenvalue weighted by Crippen LogP contribution is 2.05. The van der Waals surface area contributed by atoms with Gasteiger partial charge in [-0.05, 0) is 18.8 Å². The number of aliphatic hydroxyl groups is 1. The largest absolute Gasteiger partial charge is 0.396 e. The number of rotatable bonds is 9. The summed E-state index contributed by atoms with van der Waals surface area (Å²) in [5, 5.41) is 11.6. The van der Waals surface area contributed by atoms with E-state index in [4.69, 9.17) is 15.6 Å². The molecule has 5 nitrogen and oxygen atoms in total. The average Bonchev–Trinajstić information content (AvgIpc) is 2.30. The van der Waals surface area contributed by atoms with Crippen LogP contribution < -0.4 is 11.1 Å². The Hall–Kier alpha value is -0.650. The number of nitrogens with two attached hydrogens (primary N) is 1. The summed E-state index contributed by atoms with van der Waals surface area (Å²) in [6, 6.07) is -0.508. The molecule has 5 heteroatoms. The molecule has 0 radical (unpaired) electrons. The number of nitrogens with one attached hydrogen (secondary N) is 1. The molecule has 0 aliphatic heterocycles. The van der Waals surface area contributed by atoms with Crippen molar-refractivity contribution in [3.05, 3.63) is 0 Å². The Morgan fingerprint density at radius 2 is 2.19 bits per heavy atom. The summed E-state index contributed by atoms with van der Waals surface area (Å²) < 4.78 is 4.85. The fraction of sp³-hybridized carbons (Fsp3) is 0.909. The predicted molar refractivity (Wildman–Crippen MR) is 63.0 cm³/mol. The van der Waals surface area contributed by atoms with E-state index in [1.807, 2.05) is 6.92 Å². The maximum Gasteiger partial charge on any atom is 0.237 e. The van der Waals surface area contributed by atoms with Gasteiger partial charge in [0, 0.05) is 26.9 Å². The molecule has 0 spiro atoms. The Morgan fingerprint density at radius 3 is 2.69 bits per heavy atom. The molecule has 0 aromatic carbocycles. The number of aliphatic hydroxyl groups excluding tert-OH is 1. The number of carbonyl (C=O) groups excluding carboxylic acids is 1. The van der Waals surface area contributed by atoms with E-state index in [2.05, 4.69) is 5.32 Å². The van der Waals surface area contributed by atoms with Crippen molar-refractivity contribution in [1.82, 2.24) is 5.32 Å². The lowest BCUT2D eigenvalue weighted by atomic mass is 10.0. The Labute approximate surface area is 97.3 Å². The number of hydrogen-bond donors (Lipinski definition) is 3. The molecule has 0 heterocycles. The zero-order valence-electron chi connectivity index (χ0n) is 10.2. The van der Waals surface area contributed by atoms with Crippen molar-refractivity contribution in [2.45, 2.75) is 32.2 Å². The van der Waals surface area contributed by atoms with Crippen molar-refractivity contribution in [2.24, 2.45) is 11.7 Å². The summed E-state index contributed by atoms with van der Waals surface area (Å²) in [5.41, 5.74) is 5.66. The van der Waals surface area contributed by atoms with Gasteiger partial charge in [0.05, 0.1) is 6.04 Å². The molecule has 0 rings (SSSR count). The topological polar surface area (TPSA) is 84.6 Å². The Bertz CT molecular complexity index is 188. The van der Waals surface area contributed by atoms with Gasteiger partial charge in [0.1, 0.15) is 0 Å².